The first-order chi connectivity index (χ1) is 8.16. The molecule has 4 heteroatoms. The highest BCUT2D eigenvalue weighted by Crippen LogP contribution is 2.26. The molecule has 3 atom stereocenters. The van der Waals surface area contributed by atoms with E-state index in [0.29, 0.717) is 19.1 Å². The topological polar surface area (TPSA) is 41.5 Å². The minimum atomic E-state index is -0.461. The summed E-state index contributed by atoms with van der Waals surface area (Å²) in [5.74, 6) is 0. The summed E-state index contributed by atoms with van der Waals surface area (Å²) in [7, 11) is 0. The zero-order chi connectivity index (χ0) is 12.3. The second kappa shape index (κ2) is 5.96. The summed E-state index contributed by atoms with van der Waals surface area (Å²) in [5, 5.41) is 13.7. The standard InChI is InChI=1S/C13H18BrNO2/c1-9-7-17-8-10(15-9)6-13(16)11-4-2-3-5-12(11)14/h2-5,9-10,13,15-16H,6-8H2,1H3. The Hall–Kier alpha value is -0.420. The van der Waals surface area contributed by atoms with Gasteiger partial charge in [-0.2, -0.15) is 0 Å². The van der Waals surface area contributed by atoms with Crippen LogP contribution in [0.1, 0.15) is 25.0 Å². The number of benzene rings is 1. The van der Waals surface area contributed by atoms with E-state index in [9.17, 15) is 5.11 Å². The van der Waals surface area contributed by atoms with E-state index in [1.54, 1.807) is 0 Å². The van der Waals surface area contributed by atoms with E-state index in [2.05, 4.69) is 28.2 Å². The van der Waals surface area contributed by atoms with Gasteiger partial charge in [-0.1, -0.05) is 34.1 Å². The highest BCUT2D eigenvalue weighted by atomic mass is 79.9. The van der Waals surface area contributed by atoms with Crippen molar-refractivity contribution in [3.63, 3.8) is 0 Å². The average molecular weight is 300 g/mol. The fourth-order valence-corrected chi connectivity index (χ4v) is 2.71. The SMILES string of the molecule is CC1COCC(CC(O)c2ccccc2Br)N1. The molecular formula is C13H18BrNO2. The van der Waals surface area contributed by atoms with Crippen LogP contribution >= 0.6 is 15.9 Å². The summed E-state index contributed by atoms with van der Waals surface area (Å²) in [4.78, 5) is 0. The molecule has 17 heavy (non-hydrogen) atoms. The minimum absolute atomic E-state index is 0.223. The Kier molecular flexibility index (Phi) is 4.56. The van der Waals surface area contributed by atoms with Crippen LogP contribution in [-0.2, 0) is 4.74 Å². The number of ether oxygens (including phenoxy) is 1. The molecule has 2 rings (SSSR count). The van der Waals surface area contributed by atoms with E-state index in [1.807, 2.05) is 24.3 Å². The molecule has 0 saturated carbocycles. The van der Waals surface area contributed by atoms with Crippen molar-refractivity contribution in [2.75, 3.05) is 13.2 Å². The molecule has 0 aliphatic carbocycles. The molecule has 0 radical (unpaired) electrons. The zero-order valence-corrected chi connectivity index (χ0v) is 11.5. The van der Waals surface area contributed by atoms with Gasteiger partial charge < -0.3 is 15.2 Å². The molecule has 0 aromatic heterocycles. The fourth-order valence-electron chi connectivity index (χ4n) is 2.16. The smallest absolute Gasteiger partial charge is 0.0816 e. The Morgan fingerprint density at radius 2 is 2.24 bits per heavy atom. The molecule has 1 fully saturated rings. The predicted octanol–water partition coefficient (Wildman–Crippen LogP) is 2.25. The van der Waals surface area contributed by atoms with E-state index < -0.39 is 6.10 Å². The van der Waals surface area contributed by atoms with Gasteiger partial charge in [-0.15, -0.1) is 0 Å². The Labute approximate surface area is 110 Å². The van der Waals surface area contributed by atoms with Crippen molar-refractivity contribution < 1.29 is 9.84 Å². The number of aliphatic hydroxyl groups is 1. The van der Waals surface area contributed by atoms with Gasteiger partial charge in [0.15, 0.2) is 0 Å². The van der Waals surface area contributed by atoms with Crippen molar-refractivity contribution in [3.8, 4) is 0 Å². The lowest BCUT2D eigenvalue weighted by Crippen LogP contribution is -2.47. The van der Waals surface area contributed by atoms with Crippen molar-refractivity contribution in [1.29, 1.82) is 0 Å². The van der Waals surface area contributed by atoms with E-state index >= 15 is 0 Å². The first-order valence-electron chi connectivity index (χ1n) is 5.93. The maximum atomic E-state index is 10.2. The third kappa shape index (κ3) is 3.52. The molecule has 3 nitrogen and oxygen atoms in total. The lowest BCUT2D eigenvalue weighted by molar-refractivity contribution is 0.0303. The van der Waals surface area contributed by atoms with Crippen molar-refractivity contribution in [3.05, 3.63) is 34.3 Å². The third-order valence-electron chi connectivity index (χ3n) is 2.98. The van der Waals surface area contributed by atoms with Gasteiger partial charge in [0.2, 0.25) is 0 Å². The predicted molar refractivity (Wildman–Crippen MR) is 70.9 cm³/mol. The fraction of sp³-hybridized carbons (Fsp3) is 0.538. The quantitative estimate of drug-likeness (QED) is 0.899. The zero-order valence-electron chi connectivity index (χ0n) is 9.90. The summed E-state index contributed by atoms with van der Waals surface area (Å²) < 4.78 is 6.43. The largest absolute Gasteiger partial charge is 0.388 e. The van der Waals surface area contributed by atoms with Crippen LogP contribution in [0, 0.1) is 0 Å². The lowest BCUT2D eigenvalue weighted by atomic mass is 10.0. The molecule has 2 N–H and O–H groups in total. The molecule has 1 aromatic rings. The maximum Gasteiger partial charge on any atom is 0.0816 e. The molecular weight excluding hydrogens is 282 g/mol. The normalized spacial score (nSPS) is 26.8. The first kappa shape index (κ1) is 13.0. The first-order valence-corrected chi connectivity index (χ1v) is 6.72. The number of nitrogens with one attached hydrogen (secondary N) is 1. The summed E-state index contributed by atoms with van der Waals surface area (Å²) in [5.41, 5.74) is 0.938. The van der Waals surface area contributed by atoms with Gasteiger partial charge in [0, 0.05) is 16.6 Å². The molecule has 1 saturated heterocycles. The van der Waals surface area contributed by atoms with E-state index in [4.69, 9.17) is 4.74 Å². The van der Waals surface area contributed by atoms with Crippen LogP contribution in [0.15, 0.2) is 28.7 Å². The van der Waals surface area contributed by atoms with Gasteiger partial charge in [0.05, 0.1) is 19.3 Å². The summed E-state index contributed by atoms with van der Waals surface area (Å²) >= 11 is 3.46. The number of hydrogen-bond acceptors (Lipinski definition) is 3. The van der Waals surface area contributed by atoms with Crippen LogP contribution in [-0.4, -0.2) is 30.4 Å². The number of morpholine rings is 1. The van der Waals surface area contributed by atoms with Crippen LogP contribution in [0.25, 0.3) is 0 Å². The van der Waals surface area contributed by atoms with Crippen LogP contribution in [0.5, 0.6) is 0 Å². The van der Waals surface area contributed by atoms with Crippen LogP contribution in [0.3, 0.4) is 0 Å². The van der Waals surface area contributed by atoms with Crippen LogP contribution < -0.4 is 5.32 Å². The van der Waals surface area contributed by atoms with Gasteiger partial charge in [-0.05, 0) is 25.0 Å². The Morgan fingerprint density at radius 1 is 1.47 bits per heavy atom. The van der Waals surface area contributed by atoms with Crippen LogP contribution in [0.2, 0.25) is 0 Å². The monoisotopic (exact) mass is 299 g/mol. The van der Waals surface area contributed by atoms with Crippen molar-refractivity contribution in [2.45, 2.75) is 31.5 Å². The Bertz CT molecular complexity index is 372. The highest BCUT2D eigenvalue weighted by molar-refractivity contribution is 9.10. The van der Waals surface area contributed by atoms with Gasteiger partial charge in [-0.25, -0.2) is 0 Å². The Balaban J connectivity index is 1.97. The maximum absolute atomic E-state index is 10.2. The van der Waals surface area contributed by atoms with E-state index in [-0.39, 0.29) is 6.04 Å². The summed E-state index contributed by atoms with van der Waals surface area (Å²) in [6.07, 6.45) is 0.212. The molecule has 0 bridgehead atoms. The number of rotatable bonds is 3. The average Bonchev–Trinajstić information content (AvgIpc) is 2.29. The second-order valence-electron chi connectivity index (χ2n) is 4.58. The van der Waals surface area contributed by atoms with Crippen molar-refractivity contribution in [2.24, 2.45) is 0 Å². The molecule has 1 aliphatic heterocycles. The van der Waals surface area contributed by atoms with Crippen LogP contribution in [0.4, 0.5) is 0 Å². The van der Waals surface area contributed by atoms with Crippen molar-refractivity contribution in [1.82, 2.24) is 5.32 Å². The van der Waals surface area contributed by atoms with E-state index in [1.165, 1.54) is 0 Å². The second-order valence-corrected chi connectivity index (χ2v) is 5.43. The van der Waals surface area contributed by atoms with Crippen molar-refractivity contribution >= 4 is 15.9 Å². The molecule has 1 heterocycles. The number of aliphatic hydroxyl groups excluding tert-OH is 1. The third-order valence-corrected chi connectivity index (χ3v) is 3.70. The molecule has 0 spiro atoms. The lowest BCUT2D eigenvalue weighted by Gasteiger charge is -2.30. The number of hydrogen-bond donors (Lipinski definition) is 2. The number of halogens is 1. The van der Waals surface area contributed by atoms with Gasteiger partial charge in [0.25, 0.3) is 0 Å². The molecule has 0 amide bonds. The molecule has 1 aromatic carbocycles. The molecule has 1 aliphatic rings. The molecule has 94 valence electrons. The van der Waals surface area contributed by atoms with E-state index in [0.717, 1.165) is 16.6 Å². The van der Waals surface area contributed by atoms with Gasteiger partial charge >= 0.3 is 0 Å². The van der Waals surface area contributed by atoms with Gasteiger partial charge in [-0.3, -0.25) is 0 Å². The Morgan fingerprint density at radius 3 is 2.94 bits per heavy atom. The highest BCUT2D eigenvalue weighted by Gasteiger charge is 2.22. The summed E-state index contributed by atoms with van der Waals surface area (Å²) in [6.45, 7) is 3.52. The van der Waals surface area contributed by atoms with Gasteiger partial charge in [0.1, 0.15) is 0 Å². The summed E-state index contributed by atoms with van der Waals surface area (Å²) in [6, 6.07) is 8.37. The minimum Gasteiger partial charge on any atom is -0.388 e. The molecule has 3 unspecified atom stereocenters.